The zero-order chi connectivity index (χ0) is 22.5. The maximum atomic E-state index is 13.4. The minimum absolute atomic E-state index is 0. The van der Waals surface area contributed by atoms with E-state index in [1.54, 1.807) is 21.3 Å². The highest BCUT2D eigenvalue weighted by atomic mass is 127. The van der Waals surface area contributed by atoms with Gasteiger partial charge in [0.2, 0.25) is 0 Å². The van der Waals surface area contributed by atoms with Gasteiger partial charge in [0.25, 0.3) is 0 Å². The number of ether oxygens (including phenoxy) is 2. The molecule has 0 aliphatic carbocycles. The number of aromatic nitrogens is 1. The summed E-state index contributed by atoms with van der Waals surface area (Å²) in [4.78, 5) is 9.84. The van der Waals surface area contributed by atoms with Crippen molar-refractivity contribution in [2.45, 2.75) is 18.9 Å². The molecule has 2 heterocycles. The molecule has 1 saturated heterocycles. The summed E-state index contributed by atoms with van der Waals surface area (Å²) in [6.45, 7) is 2.54. The maximum Gasteiger partial charge on any atom is 0.191 e. The van der Waals surface area contributed by atoms with Crippen LogP contribution in [-0.2, 0) is 6.42 Å². The summed E-state index contributed by atoms with van der Waals surface area (Å²) in [7, 11) is 5.11. The summed E-state index contributed by atoms with van der Waals surface area (Å²) in [6, 6.07) is 11.1. The molecule has 0 amide bonds. The van der Waals surface area contributed by atoms with E-state index in [0.29, 0.717) is 0 Å². The molecule has 1 fully saturated rings. The number of nitrogens with one attached hydrogen (secondary N) is 3. The van der Waals surface area contributed by atoms with E-state index in [0.717, 1.165) is 72.1 Å². The highest BCUT2D eigenvalue weighted by molar-refractivity contribution is 14.0. The van der Waals surface area contributed by atoms with E-state index in [-0.39, 0.29) is 35.8 Å². The van der Waals surface area contributed by atoms with Gasteiger partial charge in [-0.2, -0.15) is 0 Å². The Morgan fingerprint density at radius 1 is 1.18 bits per heavy atom. The van der Waals surface area contributed by atoms with Crippen molar-refractivity contribution in [3.63, 3.8) is 0 Å². The number of anilines is 1. The van der Waals surface area contributed by atoms with Gasteiger partial charge in [0.15, 0.2) is 5.96 Å². The minimum atomic E-state index is -0.230. The number of rotatable bonds is 7. The molecule has 0 spiro atoms. The predicted octanol–water partition coefficient (Wildman–Crippen LogP) is 3.93. The lowest BCUT2D eigenvalue weighted by atomic mass is 10.1. The number of aromatic amines is 1. The number of aliphatic imine (C=N–C) groups is 1. The standard InChI is InChI=1S/C24H30FN5O2.HI/c1-26-24(27-8-6-16-14-28-23-10-17(25)4-5-22(16)23)29-18-7-9-30(15-18)19-11-20(31-2)13-21(12-19)32-3;/h4-5,10-14,18,28H,6-9,15H2,1-3H3,(H2,26,27,29);1H. The number of methoxy groups -OCH3 is 2. The Hall–Kier alpha value is -2.69. The zero-order valence-corrected chi connectivity index (χ0v) is 21.5. The second-order valence-corrected chi connectivity index (χ2v) is 7.90. The Morgan fingerprint density at radius 2 is 1.94 bits per heavy atom. The molecule has 0 radical (unpaired) electrons. The summed E-state index contributed by atoms with van der Waals surface area (Å²) in [6.07, 6.45) is 3.76. The molecular weight excluding hydrogens is 536 g/mol. The van der Waals surface area contributed by atoms with Crippen LogP contribution in [0.1, 0.15) is 12.0 Å². The molecule has 1 aliphatic rings. The van der Waals surface area contributed by atoms with Crippen LogP contribution in [0.3, 0.4) is 0 Å². The first kappa shape index (κ1) is 24.9. The second-order valence-electron chi connectivity index (χ2n) is 7.90. The fourth-order valence-electron chi connectivity index (χ4n) is 4.16. The van der Waals surface area contributed by atoms with Crippen LogP contribution < -0.4 is 25.0 Å². The molecule has 0 saturated carbocycles. The van der Waals surface area contributed by atoms with Gasteiger partial charge < -0.3 is 30.0 Å². The average Bonchev–Trinajstić information content (AvgIpc) is 3.44. The zero-order valence-electron chi connectivity index (χ0n) is 19.2. The van der Waals surface area contributed by atoms with Crippen molar-refractivity contribution >= 4 is 46.5 Å². The van der Waals surface area contributed by atoms with Gasteiger partial charge in [-0.3, -0.25) is 4.99 Å². The van der Waals surface area contributed by atoms with Crippen molar-refractivity contribution < 1.29 is 13.9 Å². The average molecular weight is 567 g/mol. The number of nitrogens with zero attached hydrogens (tertiary/aromatic N) is 2. The first-order chi connectivity index (χ1) is 15.6. The molecule has 3 N–H and O–H groups in total. The Morgan fingerprint density at radius 3 is 2.64 bits per heavy atom. The van der Waals surface area contributed by atoms with Gasteiger partial charge in [0, 0.05) is 73.7 Å². The van der Waals surface area contributed by atoms with Crippen molar-refractivity contribution in [2.75, 3.05) is 45.8 Å². The number of benzene rings is 2. The summed E-state index contributed by atoms with van der Waals surface area (Å²) in [5.74, 6) is 2.12. The minimum Gasteiger partial charge on any atom is -0.497 e. The van der Waals surface area contributed by atoms with Gasteiger partial charge in [-0.25, -0.2) is 4.39 Å². The largest absolute Gasteiger partial charge is 0.497 e. The molecule has 0 bridgehead atoms. The lowest BCUT2D eigenvalue weighted by Crippen LogP contribution is -2.45. The van der Waals surface area contributed by atoms with Crippen LogP contribution >= 0.6 is 24.0 Å². The summed E-state index contributed by atoms with van der Waals surface area (Å²) < 4.78 is 24.2. The van der Waals surface area contributed by atoms with E-state index in [1.807, 2.05) is 30.5 Å². The van der Waals surface area contributed by atoms with E-state index in [4.69, 9.17) is 9.47 Å². The van der Waals surface area contributed by atoms with Crippen LogP contribution in [0.25, 0.3) is 10.9 Å². The molecule has 1 aliphatic heterocycles. The van der Waals surface area contributed by atoms with E-state index in [1.165, 1.54) is 12.1 Å². The van der Waals surface area contributed by atoms with Gasteiger partial charge >= 0.3 is 0 Å². The molecule has 1 atom stereocenters. The van der Waals surface area contributed by atoms with Crippen LogP contribution in [-0.4, -0.2) is 57.9 Å². The van der Waals surface area contributed by atoms with Gasteiger partial charge in [0.1, 0.15) is 17.3 Å². The number of halogens is 2. The Kier molecular flexibility index (Phi) is 8.65. The molecule has 3 aromatic rings. The number of hydrogen-bond acceptors (Lipinski definition) is 4. The quantitative estimate of drug-likeness (QED) is 0.229. The molecule has 178 valence electrons. The van der Waals surface area contributed by atoms with Gasteiger partial charge in [-0.1, -0.05) is 0 Å². The smallest absolute Gasteiger partial charge is 0.191 e. The summed E-state index contributed by atoms with van der Waals surface area (Å²) in [5.41, 5.74) is 3.06. The fourth-order valence-corrected chi connectivity index (χ4v) is 4.16. The van der Waals surface area contributed by atoms with Crippen molar-refractivity contribution in [3.8, 4) is 11.5 Å². The third-order valence-corrected chi connectivity index (χ3v) is 5.87. The van der Waals surface area contributed by atoms with Gasteiger partial charge in [0.05, 0.1) is 14.2 Å². The highest BCUT2D eigenvalue weighted by Gasteiger charge is 2.24. The molecule has 33 heavy (non-hydrogen) atoms. The topological polar surface area (TPSA) is 73.9 Å². The Balaban J connectivity index is 0.00000306. The number of guanidine groups is 1. The lowest BCUT2D eigenvalue weighted by molar-refractivity contribution is 0.394. The van der Waals surface area contributed by atoms with Crippen molar-refractivity contribution in [1.82, 2.24) is 15.6 Å². The first-order valence-corrected chi connectivity index (χ1v) is 10.8. The Bertz CT molecular complexity index is 1080. The van der Waals surface area contributed by atoms with Crippen molar-refractivity contribution in [2.24, 2.45) is 4.99 Å². The normalized spacial score (nSPS) is 15.9. The third kappa shape index (κ3) is 6.01. The van der Waals surface area contributed by atoms with E-state index < -0.39 is 0 Å². The third-order valence-electron chi connectivity index (χ3n) is 5.87. The Labute approximate surface area is 210 Å². The van der Waals surface area contributed by atoms with Gasteiger partial charge in [-0.05, 0) is 36.6 Å². The monoisotopic (exact) mass is 567 g/mol. The van der Waals surface area contributed by atoms with Crippen LogP contribution in [0, 0.1) is 5.82 Å². The van der Waals surface area contributed by atoms with Gasteiger partial charge in [-0.15, -0.1) is 24.0 Å². The van der Waals surface area contributed by atoms with Crippen molar-refractivity contribution in [3.05, 3.63) is 54.0 Å². The summed E-state index contributed by atoms with van der Waals surface area (Å²) >= 11 is 0. The lowest BCUT2D eigenvalue weighted by Gasteiger charge is -2.21. The molecule has 7 nitrogen and oxygen atoms in total. The van der Waals surface area contributed by atoms with Crippen molar-refractivity contribution in [1.29, 1.82) is 0 Å². The van der Waals surface area contributed by atoms with E-state index >= 15 is 0 Å². The highest BCUT2D eigenvalue weighted by Crippen LogP contribution is 2.30. The van der Waals surface area contributed by atoms with E-state index in [2.05, 4.69) is 25.5 Å². The molecule has 9 heteroatoms. The number of fused-ring (bicyclic) bond motifs is 1. The van der Waals surface area contributed by atoms with Crippen LogP contribution in [0.15, 0.2) is 47.6 Å². The summed E-state index contributed by atoms with van der Waals surface area (Å²) in [5, 5.41) is 7.97. The van der Waals surface area contributed by atoms with Crippen LogP contribution in [0.4, 0.5) is 10.1 Å². The maximum absolute atomic E-state index is 13.4. The number of H-pyrrole nitrogens is 1. The SMILES string of the molecule is CN=C(NCCc1c[nH]c2cc(F)ccc12)NC1CCN(c2cc(OC)cc(OC)c2)C1.I. The number of hydrogen-bond donors (Lipinski definition) is 3. The molecular formula is C24H31FIN5O2. The predicted molar refractivity (Wildman–Crippen MR) is 142 cm³/mol. The molecule has 1 unspecified atom stereocenters. The van der Waals surface area contributed by atoms with Crippen LogP contribution in [0.5, 0.6) is 11.5 Å². The molecule has 1 aromatic heterocycles. The molecule has 4 rings (SSSR count). The van der Waals surface area contributed by atoms with E-state index in [9.17, 15) is 4.39 Å². The fraction of sp³-hybridized carbons (Fsp3) is 0.375. The molecule has 2 aromatic carbocycles. The first-order valence-electron chi connectivity index (χ1n) is 10.8. The second kappa shape index (κ2) is 11.4. The van der Waals surface area contributed by atoms with Crippen LogP contribution in [0.2, 0.25) is 0 Å².